The number of rotatable bonds is 0. The minimum absolute atomic E-state index is 0.249. The van der Waals surface area contributed by atoms with Gasteiger partial charge in [0.25, 0.3) is 0 Å². The molecular formula is C8H14N2O. The van der Waals surface area contributed by atoms with E-state index in [1.807, 2.05) is 6.92 Å². The van der Waals surface area contributed by atoms with E-state index in [-0.39, 0.29) is 5.75 Å². The molecule has 1 rings (SSSR count). The smallest absolute Gasteiger partial charge is 0.115 e. The van der Waals surface area contributed by atoms with Gasteiger partial charge in [0.2, 0.25) is 0 Å². The Bertz CT molecular complexity index is 163. The van der Waals surface area contributed by atoms with Gasteiger partial charge in [-0.25, -0.2) is 0 Å². The molecule has 3 heteroatoms. The van der Waals surface area contributed by atoms with Crippen molar-refractivity contribution in [3.8, 4) is 5.75 Å². The molecule has 0 amide bonds. The summed E-state index contributed by atoms with van der Waals surface area (Å²) in [7, 11) is 0. The fourth-order valence-electron chi connectivity index (χ4n) is 0.474. The highest BCUT2D eigenvalue weighted by molar-refractivity contribution is 5.40. The molecule has 0 spiro atoms. The second-order valence-corrected chi connectivity index (χ2v) is 2.00. The lowest BCUT2D eigenvalue weighted by atomic mass is 10.3. The molecule has 0 saturated heterocycles. The fourth-order valence-corrected chi connectivity index (χ4v) is 0.474. The summed E-state index contributed by atoms with van der Waals surface area (Å²) in [5.41, 5.74) is 10.8. The minimum atomic E-state index is 0.249. The van der Waals surface area contributed by atoms with Crippen molar-refractivity contribution in [2.45, 2.75) is 6.92 Å². The molecule has 0 saturated carbocycles. The molecule has 0 radical (unpaired) electrons. The Hall–Kier alpha value is -1.22. The third kappa shape index (κ3) is 5.24. The van der Waals surface area contributed by atoms with Crippen LogP contribution in [0.3, 0.4) is 0 Å². The van der Waals surface area contributed by atoms with Crippen molar-refractivity contribution in [3.63, 3.8) is 0 Å². The first-order valence-electron chi connectivity index (χ1n) is 3.45. The van der Waals surface area contributed by atoms with E-state index in [0.29, 0.717) is 5.69 Å². The standard InChI is InChI=1S/C6H7NO.C2H7N/c7-5-1-3-6(8)4-2-5;1-2-3/h1-4,8H,7H2;2-3H2,1H3. The minimum Gasteiger partial charge on any atom is -0.508 e. The second kappa shape index (κ2) is 5.56. The highest BCUT2D eigenvalue weighted by Gasteiger charge is 1.82. The van der Waals surface area contributed by atoms with E-state index in [9.17, 15) is 0 Å². The maximum Gasteiger partial charge on any atom is 0.115 e. The van der Waals surface area contributed by atoms with Crippen LogP contribution in [0.4, 0.5) is 5.69 Å². The third-order valence-corrected chi connectivity index (χ3v) is 0.893. The zero-order chi connectivity index (χ0) is 8.69. The molecule has 0 atom stereocenters. The third-order valence-electron chi connectivity index (χ3n) is 0.893. The van der Waals surface area contributed by atoms with Crippen LogP contribution in [-0.4, -0.2) is 11.7 Å². The van der Waals surface area contributed by atoms with Gasteiger partial charge < -0.3 is 16.6 Å². The van der Waals surface area contributed by atoms with E-state index in [1.54, 1.807) is 24.3 Å². The van der Waals surface area contributed by atoms with Gasteiger partial charge in [-0.1, -0.05) is 6.92 Å². The van der Waals surface area contributed by atoms with Gasteiger partial charge in [-0.15, -0.1) is 0 Å². The summed E-state index contributed by atoms with van der Waals surface area (Å²) >= 11 is 0. The topological polar surface area (TPSA) is 72.3 Å². The fraction of sp³-hybridized carbons (Fsp3) is 0.250. The summed E-state index contributed by atoms with van der Waals surface area (Å²) in [6.45, 7) is 2.65. The lowest BCUT2D eigenvalue weighted by Gasteiger charge is -1.89. The Morgan fingerprint density at radius 2 is 1.64 bits per heavy atom. The van der Waals surface area contributed by atoms with Gasteiger partial charge in [0.15, 0.2) is 0 Å². The van der Waals surface area contributed by atoms with Crippen LogP contribution in [0.2, 0.25) is 0 Å². The molecule has 11 heavy (non-hydrogen) atoms. The molecule has 1 aromatic carbocycles. The molecule has 0 unspecified atom stereocenters. The zero-order valence-corrected chi connectivity index (χ0v) is 6.62. The van der Waals surface area contributed by atoms with Crippen molar-refractivity contribution >= 4 is 5.69 Å². The molecule has 1 aromatic rings. The first-order valence-corrected chi connectivity index (χ1v) is 3.45. The Balaban J connectivity index is 0.000000292. The van der Waals surface area contributed by atoms with Crippen molar-refractivity contribution < 1.29 is 5.11 Å². The summed E-state index contributed by atoms with van der Waals surface area (Å²) < 4.78 is 0. The van der Waals surface area contributed by atoms with Crippen LogP contribution in [0.1, 0.15) is 6.92 Å². The molecular weight excluding hydrogens is 140 g/mol. The number of aromatic hydroxyl groups is 1. The van der Waals surface area contributed by atoms with Gasteiger partial charge in [0, 0.05) is 5.69 Å². The maximum absolute atomic E-state index is 8.70. The molecule has 5 N–H and O–H groups in total. The van der Waals surface area contributed by atoms with Crippen molar-refractivity contribution in [2.24, 2.45) is 5.73 Å². The number of phenols is 1. The molecule has 62 valence electrons. The van der Waals surface area contributed by atoms with Crippen molar-refractivity contribution in [1.82, 2.24) is 0 Å². The molecule has 0 aliphatic heterocycles. The monoisotopic (exact) mass is 154 g/mol. The normalized spacial score (nSPS) is 8.18. The van der Waals surface area contributed by atoms with E-state index < -0.39 is 0 Å². The molecule has 0 fully saturated rings. The number of hydrogen-bond donors (Lipinski definition) is 3. The Morgan fingerprint density at radius 1 is 1.27 bits per heavy atom. The Labute approximate surface area is 66.6 Å². The van der Waals surface area contributed by atoms with Gasteiger partial charge in [-0.3, -0.25) is 0 Å². The molecule has 0 aliphatic rings. The second-order valence-electron chi connectivity index (χ2n) is 2.00. The van der Waals surface area contributed by atoms with E-state index in [1.165, 1.54) is 0 Å². The molecule has 3 nitrogen and oxygen atoms in total. The molecule has 0 bridgehead atoms. The van der Waals surface area contributed by atoms with Crippen LogP contribution < -0.4 is 11.5 Å². The van der Waals surface area contributed by atoms with Crippen LogP contribution in [0, 0.1) is 0 Å². The largest absolute Gasteiger partial charge is 0.508 e. The first kappa shape index (κ1) is 9.78. The summed E-state index contributed by atoms with van der Waals surface area (Å²) in [6.07, 6.45) is 0. The van der Waals surface area contributed by atoms with E-state index in [4.69, 9.17) is 16.6 Å². The zero-order valence-electron chi connectivity index (χ0n) is 6.62. The molecule has 0 aromatic heterocycles. The number of hydrogen-bond acceptors (Lipinski definition) is 3. The lowest BCUT2D eigenvalue weighted by molar-refractivity contribution is 0.475. The van der Waals surface area contributed by atoms with Gasteiger partial charge >= 0.3 is 0 Å². The van der Waals surface area contributed by atoms with E-state index in [0.717, 1.165) is 6.54 Å². The number of nitrogens with two attached hydrogens (primary N) is 2. The Morgan fingerprint density at radius 3 is 1.91 bits per heavy atom. The predicted molar refractivity (Wildman–Crippen MR) is 47.2 cm³/mol. The van der Waals surface area contributed by atoms with E-state index >= 15 is 0 Å². The van der Waals surface area contributed by atoms with Crippen LogP contribution in [0.15, 0.2) is 24.3 Å². The van der Waals surface area contributed by atoms with Gasteiger partial charge in [0.05, 0.1) is 0 Å². The van der Waals surface area contributed by atoms with Crippen molar-refractivity contribution in [2.75, 3.05) is 12.3 Å². The summed E-state index contributed by atoms with van der Waals surface area (Å²) in [6, 6.07) is 6.40. The van der Waals surface area contributed by atoms with Gasteiger partial charge in [0.1, 0.15) is 5.75 Å². The summed E-state index contributed by atoms with van der Waals surface area (Å²) in [5, 5.41) is 8.70. The van der Waals surface area contributed by atoms with Gasteiger partial charge in [-0.2, -0.15) is 0 Å². The average Bonchev–Trinajstić information content (AvgIpc) is 1.97. The lowest BCUT2D eigenvalue weighted by Crippen LogP contribution is -1.87. The first-order chi connectivity index (χ1) is 5.20. The average molecular weight is 154 g/mol. The summed E-state index contributed by atoms with van der Waals surface area (Å²) in [5.74, 6) is 0.249. The van der Waals surface area contributed by atoms with Gasteiger partial charge in [-0.05, 0) is 30.8 Å². The highest BCUT2D eigenvalue weighted by Crippen LogP contribution is 2.09. The van der Waals surface area contributed by atoms with Crippen LogP contribution in [-0.2, 0) is 0 Å². The van der Waals surface area contributed by atoms with Crippen LogP contribution >= 0.6 is 0 Å². The van der Waals surface area contributed by atoms with Crippen LogP contribution in [0.5, 0.6) is 5.75 Å². The van der Waals surface area contributed by atoms with E-state index in [2.05, 4.69) is 0 Å². The predicted octanol–water partition coefficient (Wildman–Crippen LogP) is 0.939. The quantitative estimate of drug-likeness (QED) is 0.384. The SMILES string of the molecule is CCN.Nc1ccc(O)cc1. The maximum atomic E-state index is 8.70. The Kier molecular flexibility index (Phi) is 4.94. The van der Waals surface area contributed by atoms with Crippen molar-refractivity contribution in [3.05, 3.63) is 24.3 Å². The molecule has 0 aliphatic carbocycles. The highest BCUT2D eigenvalue weighted by atomic mass is 16.3. The van der Waals surface area contributed by atoms with Crippen molar-refractivity contribution in [1.29, 1.82) is 0 Å². The number of anilines is 1. The van der Waals surface area contributed by atoms with Crippen LogP contribution in [0.25, 0.3) is 0 Å². The molecule has 0 heterocycles. The number of phenolic OH excluding ortho intramolecular Hbond substituents is 1. The number of nitrogen functional groups attached to an aromatic ring is 1. The summed E-state index contributed by atoms with van der Waals surface area (Å²) in [4.78, 5) is 0. The number of benzene rings is 1.